The van der Waals surface area contributed by atoms with Gasteiger partial charge in [0, 0.05) is 25.2 Å². The fourth-order valence-corrected chi connectivity index (χ4v) is 1.84. The molecular weight excluding hydrogens is 272 g/mol. The number of carbonyl (C=O) groups is 2. The number of carbonyl (C=O) groups excluding carboxylic acids is 2. The average Bonchev–Trinajstić information content (AvgIpc) is 3.03. The van der Waals surface area contributed by atoms with Crippen LogP contribution in [0.2, 0.25) is 0 Å². The molecule has 0 fully saturated rings. The largest absolute Gasteiger partial charge is 0.319 e. The molecule has 2 amide bonds. The van der Waals surface area contributed by atoms with Crippen molar-refractivity contribution in [3.8, 4) is 5.82 Å². The van der Waals surface area contributed by atoms with Crippen molar-refractivity contribution >= 4 is 23.2 Å². The summed E-state index contributed by atoms with van der Waals surface area (Å²) in [7, 11) is 0. The van der Waals surface area contributed by atoms with Gasteiger partial charge >= 0.3 is 0 Å². The Morgan fingerprint density at radius 3 is 2.86 bits per heavy atom. The van der Waals surface area contributed by atoms with E-state index in [1.165, 1.54) is 6.20 Å². The Morgan fingerprint density at radius 2 is 2.24 bits per heavy atom. The normalized spacial score (nSPS) is 14.3. The highest BCUT2D eigenvalue weighted by Crippen LogP contribution is 2.10. The van der Waals surface area contributed by atoms with Gasteiger partial charge in [0.25, 0.3) is 5.91 Å². The number of amides is 2. The van der Waals surface area contributed by atoms with E-state index in [4.69, 9.17) is 0 Å². The topological polar surface area (TPSA) is 101 Å². The number of pyridine rings is 1. The molecule has 21 heavy (non-hydrogen) atoms. The summed E-state index contributed by atoms with van der Waals surface area (Å²) in [5.74, 6) is 0.126. The molecule has 8 nitrogen and oxygen atoms in total. The second-order valence-electron chi connectivity index (χ2n) is 4.40. The van der Waals surface area contributed by atoms with Gasteiger partial charge in [-0.3, -0.25) is 9.59 Å². The molecule has 106 valence electrons. The van der Waals surface area contributed by atoms with E-state index in [9.17, 15) is 9.59 Å². The number of nitrogens with one attached hydrogen (secondary N) is 2. The van der Waals surface area contributed by atoms with E-state index in [-0.39, 0.29) is 18.2 Å². The van der Waals surface area contributed by atoms with E-state index >= 15 is 0 Å². The first-order valence-electron chi connectivity index (χ1n) is 6.35. The highest BCUT2D eigenvalue weighted by atomic mass is 16.2. The number of anilines is 1. The predicted octanol–water partition coefficient (Wildman–Crippen LogP) is 0.472. The Bertz CT molecular complexity index is 690. The zero-order chi connectivity index (χ0) is 14.7. The second kappa shape index (κ2) is 5.53. The number of aromatic nitrogens is 3. The van der Waals surface area contributed by atoms with Gasteiger partial charge in [-0.1, -0.05) is 0 Å². The smallest absolute Gasteiger partial charge is 0.271 e. The third kappa shape index (κ3) is 2.94. The van der Waals surface area contributed by atoms with Crippen LogP contribution in [0.25, 0.3) is 5.82 Å². The Balaban J connectivity index is 1.68. The summed E-state index contributed by atoms with van der Waals surface area (Å²) in [6.45, 7) is 0. The molecule has 3 heterocycles. The molecule has 8 heteroatoms. The van der Waals surface area contributed by atoms with Crippen molar-refractivity contribution < 1.29 is 9.59 Å². The van der Waals surface area contributed by atoms with Crippen molar-refractivity contribution in [1.29, 1.82) is 0 Å². The van der Waals surface area contributed by atoms with E-state index in [0.29, 0.717) is 23.6 Å². The van der Waals surface area contributed by atoms with Crippen LogP contribution in [-0.2, 0) is 9.59 Å². The van der Waals surface area contributed by atoms with Crippen molar-refractivity contribution in [1.82, 2.24) is 20.2 Å². The van der Waals surface area contributed by atoms with Crippen LogP contribution in [-0.4, -0.2) is 32.3 Å². The molecule has 0 saturated heterocycles. The maximum absolute atomic E-state index is 11.9. The molecule has 0 aliphatic carbocycles. The lowest BCUT2D eigenvalue weighted by atomic mass is 10.1. The fraction of sp³-hybridized carbons (Fsp3) is 0.154. The van der Waals surface area contributed by atoms with Crippen LogP contribution in [0.15, 0.2) is 41.9 Å². The molecule has 0 aromatic carbocycles. The number of hydrazone groups is 1. The van der Waals surface area contributed by atoms with Gasteiger partial charge in [-0.15, -0.1) is 0 Å². The van der Waals surface area contributed by atoms with Gasteiger partial charge in [-0.05, 0) is 18.2 Å². The average molecular weight is 284 g/mol. The van der Waals surface area contributed by atoms with E-state index in [1.807, 2.05) is 0 Å². The summed E-state index contributed by atoms with van der Waals surface area (Å²) in [5.41, 5.74) is 3.14. The van der Waals surface area contributed by atoms with E-state index < -0.39 is 0 Å². The van der Waals surface area contributed by atoms with E-state index in [1.54, 1.807) is 35.3 Å². The molecule has 2 aromatic rings. The van der Waals surface area contributed by atoms with Gasteiger partial charge in [-0.2, -0.15) is 10.2 Å². The Hall–Kier alpha value is -3.03. The lowest BCUT2D eigenvalue weighted by Gasteiger charge is -2.12. The summed E-state index contributed by atoms with van der Waals surface area (Å²) in [6, 6.07) is 5.27. The molecule has 0 bridgehead atoms. The van der Waals surface area contributed by atoms with Crippen LogP contribution < -0.4 is 10.7 Å². The van der Waals surface area contributed by atoms with Gasteiger partial charge in [-0.25, -0.2) is 15.1 Å². The number of rotatable bonds is 3. The van der Waals surface area contributed by atoms with Crippen molar-refractivity contribution in [2.75, 3.05) is 5.32 Å². The predicted molar refractivity (Wildman–Crippen MR) is 74.8 cm³/mol. The maximum Gasteiger partial charge on any atom is 0.271 e. The Labute approximate surface area is 119 Å². The summed E-state index contributed by atoms with van der Waals surface area (Å²) >= 11 is 0. The van der Waals surface area contributed by atoms with Crippen LogP contribution in [0, 0.1) is 0 Å². The highest BCUT2D eigenvalue weighted by molar-refractivity contribution is 6.43. The summed E-state index contributed by atoms with van der Waals surface area (Å²) in [5, 5.41) is 10.5. The lowest BCUT2D eigenvalue weighted by molar-refractivity contribution is -0.121. The Morgan fingerprint density at radius 1 is 1.33 bits per heavy atom. The first-order valence-corrected chi connectivity index (χ1v) is 6.35. The van der Waals surface area contributed by atoms with Crippen molar-refractivity contribution in [3.05, 3.63) is 36.8 Å². The molecule has 0 spiro atoms. The van der Waals surface area contributed by atoms with Crippen LogP contribution in [0.4, 0.5) is 5.69 Å². The molecular formula is C13H12N6O2. The minimum Gasteiger partial charge on any atom is -0.319 e. The summed E-state index contributed by atoms with van der Waals surface area (Å²) < 4.78 is 1.62. The van der Waals surface area contributed by atoms with Gasteiger partial charge in [0.1, 0.15) is 5.71 Å². The molecule has 0 saturated carbocycles. The minimum absolute atomic E-state index is 0.184. The molecule has 0 radical (unpaired) electrons. The number of hydrogen-bond acceptors (Lipinski definition) is 5. The molecule has 0 atom stereocenters. The van der Waals surface area contributed by atoms with E-state index in [2.05, 4.69) is 25.9 Å². The Kier molecular flexibility index (Phi) is 3.42. The zero-order valence-corrected chi connectivity index (χ0v) is 11.0. The first-order chi connectivity index (χ1) is 10.2. The van der Waals surface area contributed by atoms with Gasteiger partial charge in [0.2, 0.25) is 5.91 Å². The molecule has 0 unspecified atom stereocenters. The van der Waals surface area contributed by atoms with Crippen molar-refractivity contribution in [3.63, 3.8) is 0 Å². The fourth-order valence-electron chi connectivity index (χ4n) is 1.84. The van der Waals surface area contributed by atoms with Crippen molar-refractivity contribution in [2.24, 2.45) is 5.10 Å². The maximum atomic E-state index is 11.9. The van der Waals surface area contributed by atoms with Crippen LogP contribution in [0.1, 0.15) is 12.8 Å². The lowest BCUT2D eigenvalue weighted by Crippen LogP contribution is -2.32. The minimum atomic E-state index is -0.344. The molecule has 2 aromatic heterocycles. The third-order valence-corrected chi connectivity index (χ3v) is 2.91. The van der Waals surface area contributed by atoms with Crippen molar-refractivity contribution in [2.45, 2.75) is 12.8 Å². The third-order valence-electron chi connectivity index (χ3n) is 2.91. The van der Waals surface area contributed by atoms with E-state index in [0.717, 1.165) is 0 Å². The standard InChI is InChI=1S/C13H12N6O2/c20-12-5-3-10(17-18-12)13(21)16-9-2-4-11(14-8-9)19-7-1-6-15-19/h1-2,4,6-8H,3,5H2,(H,16,21)(H,18,20). The monoisotopic (exact) mass is 284 g/mol. The SMILES string of the molecule is O=C1CCC(C(=O)Nc2ccc(-n3cccn3)nc2)=NN1. The van der Waals surface area contributed by atoms with Gasteiger partial charge in [0.15, 0.2) is 5.82 Å². The molecule has 1 aliphatic heterocycles. The quantitative estimate of drug-likeness (QED) is 0.855. The second-order valence-corrected chi connectivity index (χ2v) is 4.40. The highest BCUT2D eigenvalue weighted by Gasteiger charge is 2.18. The van der Waals surface area contributed by atoms with Crippen LogP contribution in [0.5, 0.6) is 0 Å². The molecule has 3 rings (SSSR count). The summed E-state index contributed by atoms with van der Waals surface area (Å²) in [4.78, 5) is 27.1. The van der Waals surface area contributed by atoms with Gasteiger partial charge < -0.3 is 5.32 Å². The summed E-state index contributed by atoms with van der Waals surface area (Å²) in [6.07, 6.45) is 5.57. The van der Waals surface area contributed by atoms with Crippen LogP contribution >= 0.6 is 0 Å². The number of nitrogens with zero attached hydrogens (tertiary/aromatic N) is 4. The molecule has 1 aliphatic rings. The zero-order valence-electron chi connectivity index (χ0n) is 11.0. The van der Waals surface area contributed by atoms with Gasteiger partial charge in [0.05, 0.1) is 11.9 Å². The van der Waals surface area contributed by atoms with Crippen LogP contribution in [0.3, 0.4) is 0 Å². The molecule has 2 N–H and O–H groups in total. The first kappa shape index (κ1) is 13.0. The number of hydrogen-bond donors (Lipinski definition) is 2.